The molecular weight excluding hydrogens is 204 g/mol. The highest BCUT2D eigenvalue weighted by Gasteiger charge is 2.41. The molecule has 1 fully saturated rings. The van der Waals surface area contributed by atoms with Crippen LogP contribution in [-0.4, -0.2) is 24.4 Å². The topological polar surface area (TPSA) is 38.7 Å². The molecule has 0 aromatic heterocycles. The van der Waals surface area contributed by atoms with Crippen LogP contribution in [-0.2, 0) is 6.42 Å². The Hall–Kier alpha value is -1.22. The number of ether oxygens (including phenoxy) is 2. The molecule has 0 spiro atoms. The van der Waals surface area contributed by atoms with Crippen molar-refractivity contribution in [2.45, 2.75) is 31.8 Å². The maximum absolute atomic E-state index is 9.93. The molecule has 1 aliphatic carbocycles. The highest BCUT2D eigenvalue weighted by Crippen LogP contribution is 2.42. The Kier molecular flexibility index (Phi) is 3.06. The van der Waals surface area contributed by atoms with E-state index in [2.05, 4.69) is 0 Å². The first-order valence-corrected chi connectivity index (χ1v) is 5.69. The van der Waals surface area contributed by atoms with Gasteiger partial charge in [-0.2, -0.15) is 0 Å². The van der Waals surface area contributed by atoms with Gasteiger partial charge in [0.1, 0.15) is 0 Å². The van der Waals surface area contributed by atoms with Crippen LogP contribution in [0.15, 0.2) is 18.2 Å². The molecule has 0 heterocycles. The van der Waals surface area contributed by atoms with Crippen molar-refractivity contribution in [2.24, 2.45) is 0 Å². The Labute approximate surface area is 96.0 Å². The second kappa shape index (κ2) is 4.34. The van der Waals surface area contributed by atoms with Crippen LogP contribution in [0.1, 0.15) is 25.3 Å². The van der Waals surface area contributed by atoms with E-state index in [9.17, 15) is 5.11 Å². The van der Waals surface area contributed by atoms with Crippen molar-refractivity contribution in [3.8, 4) is 11.5 Å². The van der Waals surface area contributed by atoms with Gasteiger partial charge in [-0.1, -0.05) is 12.1 Å². The van der Waals surface area contributed by atoms with Crippen molar-refractivity contribution < 1.29 is 14.6 Å². The maximum atomic E-state index is 9.93. The molecule has 1 aromatic carbocycles. The van der Waals surface area contributed by atoms with E-state index in [0.29, 0.717) is 13.0 Å². The molecule has 0 saturated heterocycles. The van der Waals surface area contributed by atoms with Crippen molar-refractivity contribution >= 4 is 0 Å². The first-order chi connectivity index (χ1) is 7.68. The molecule has 3 nitrogen and oxygen atoms in total. The van der Waals surface area contributed by atoms with Crippen molar-refractivity contribution in [1.29, 1.82) is 0 Å². The molecule has 1 aromatic rings. The summed E-state index contributed by atoms with van der Waals surface area (Å²) in [6.07, 6.45) is 2.42. The summed E-state index contributed by atoms with van der Waals surface area (Å²) >= 11 is 0. The fraction of sp³-hybridized carbons (Fsp3) is 0.538. The van der Waals surface area contributed by atoms with Gasteiger partial charge in [-0.05, 0) is 25.8 Å². The lowest BCUT2D eigenvalue weighted by molar-refractivity contribution is 0.149. The first-order valence-electron chi connectivity index (χ1n) is 5.69. The second-order valence-electron chi connectivity index (χ2n) is 4.28. The van der Waals surface area contributed by atoms with Crippen LogP contribution >= 0.6 is 0 Å². The minimum Gasteiger partial charge on any atom is -0.493 e. The largest absolute Gasteiger partial charge is 0.493 e. The average Bonchev–Trinajstić information content (AvgIpc) is 2.97. The van der Waals surface area contributed by atoms with Crippen molar-refractivity contribution in [1.82, 2.24) is 0 Å². The van der Waals surface area contributed by atoms with Crippen LogP contribution < -0.4 is 9.47 Å². The average molecular weight is 222 g/mol. The Bertz CT molecular complexity index is 369. The van der Waals surface area contributed by atoms with Crippen molar-refractivity contribution in [2.75, 3.05) is 13.7 Å². The third kappa shape index (κ3) is 2.30. The summed E-state index contributed by atoms with van der Waals surface area (Å²) in [5.41, 5.74) is 0.520. The summed E-state index contributed by atoms with van der Waals surface area (Å²) in [5.74, 6) is 1.51. The summed E-state index contributed by atoms with van der Waals surface area (Å²) in [6.45, 7) is 2.56. The van der Waals surface area contributed by atoms with E-state index in [1.54, 1.807) is 7.11 Å². The van der Waals surface area contributed by atoms with Crippen LogP contribution in [0.5, 0.6) is 11.5 Å². The van der Waals surface area contributed by atoms with Gasteiger partial charge in [0.15, 0.2) is 11.5 Å². The summed E-state index contributed by atoms with van der Waals surface area (Å²) in [4.78, 5) is 0. The molecule has 0 unspecified atom stereocenters. The zero-order valence-electron chi connectivity index (χ0n) is 9.82. The number of rotatable bonds is 5. The van der Waals surface area contributed by atoms with E-state index in [0.717, 1.165) is 29.9 Å². The number of benzene rings is 1. The van der Waals surface area contributed by atoms with E-state index in [4.69, 9.17) is 9.47 Å². The summed E-state index contributed by atoms with van der Waals surface area (Å²) in [5, 5.41) is 9.93. The van der Waals surface area contributed by atoms with Crippen LogP contribution in [0, 0.1) is 0 Å². The lowest BCUT2D eigenvalue weighted by Crippen LogP contribution is -2.12. The number of hydrogen-bond donors (Lipinski definition) is 1. The Balaban J connectivity index is 2.25. The third-order valence-electron chi connectivity index (χ3n) is 2.91. The van der Waals surface area contributed by atoms with E-state index < -0.39 is 5.60 Å². The number of aliphatic hydroxyl groups is 1. The van der Waals surface area contributed by atoms with Gasteiger partial charge in [-0.15, -0.1) is 0 Å². The Morgan fingerprint density at radius 1 is 1.38 bits per heavy atom. The minimum atomic E-state index is -0.502. The molecule has 0 aliphatic heterocycles. The highest BCUT2D eigenvalue weighted by atomic mass is 16.5. The van der Waals surface area contributed by atoms with Gasteiger partial charge in [-0.3, -0.25) is 0 Å². The lowest BCUT2D eigenvalue weighted by atomic mass is 10.0. The van der Waals surface area contributed by atoms with E-state index in [1.165, 1.54) is 0 Å². The van der Waals surface area contributed by atoms with E-state index >= 15 is 0 Å². The molecule has 88 valence electrons. The van der Waals surface area contributed by atoms with E-state index in [1.807, 2.05) is 25.1 Å². The van der Waals surface area contributed by atoms with Crippen molar-refractivity contribution in [3.63, 3.8) is 0 Å². The third-order valence-corrected chi connectivity index (χ3v) is 2.91. The summed E-state index contributed by atoms with van der Waals surface area (Å²) in [6, 6.07) is 5.81. The summed E-state index contributed by atoms with van der Waals surface area (Å²) < 4.78 is 10.9. The molecule has 2 rings (SSSR count). The Morgan fingerprint density at radius 3 is 2.69 bits per heavy atom. The summed E-state index contributed by atoms with van der Waals surface area (Å²) in [7, 11) is 1.64. The molecule has 1 N–H and O–H groups in total. The normalized spacial score (nSPS) is 16.9. The molecule has 0 atom stereocenters. The number of para-hydroxylation sites is 1. The van der Waals surface area contributed by atoms with Gasteiger partial charge in [0.05, 0.1) is 19.3 Å². The molecular formula is C13H18O3. The molecule has 3 heteroatoms. The smallest absolute Gasteiger partial charge is 0.164 e. The Morgan fingerprint density at radius 2 is 2.12 bits per heavy atom. The van der Waals surface area contributed by atoms with Crippen LogP contribution in [0.3, 0.4) is 0 Å². The van der Waals surface area contributed by atoms with Gasteiger partial charge < -0.3 is 14.6 Å². The van der Waals surface area contributed by atoms with Crippen LogP contribution in [0.25, 0.3) is 0 Å². The van der Waals surface area contributed by atoms with Crippen molar-refractivity contribution in [3.05, 3.63) is 23.8 Å². The van der Waals surface area contributed by atoms with Gasteiger partial charge in [0, 0.05) is 12.0 Å². The zero-order valence-corrected chi connectivity index (χ0v) is 9.82. The van der Waals surface area contributed by atoms with Gasteiger partial charge in [0.25, 0.3) is 0 Å². The predicted molar refractivity (Wildman–Crippen MR) is 62.1 cm³/mol. The van der Waals surface area contributed by atoms with Crippen LogP contribution in [0.2, 0.25) is 0 Å². The fourth-order valence-corrected chi connectivity index (χ4v) is 1.88. The molecule has 16 heavy (non-hydrogen) atoms. The lowest BCUT2D eigenvalue weighted by Gasteiger charge is -2.15. The fourth-order valence-electron chi connectivity index (χ4n) is 1.88. The molecule has 0 radical (unpaired) electrons. The minimum absolute atomic E-state index is 0.502. The molecule has 0 amide bonds. The van der Waals surface area contributed by atoms with Gasteiger partial charge in [-0.25, -0.2) is 0 Å². The highest BCUT2D eigenvalue weighted by molar-refractivity contribution is 5.47. The monoisotopic (exact) mass is 222 g/mol. The van der Waals surface area contributed by atoms with E-state index in [-0.39, 0.29) is 0 Å². The molecule has 1 aliphatic rings. The molecule has 0 bridgehead atoms. The number of hydrogen-bond acceptors (Lipinski definition) is 3. The maximum Gasteiger partial charge on any atom is 0.164 e. The zero-order chi connectivity index (χ0) is 11.6. The second-order valence-corrected chi connectivity index (χ2v) is 4.28. The SMILES string of the molecule is CCOc1cccc(CC2(O)CC2)c1OC. The van der Waals surface area contributed by atoms with Crippen LogP contribution in [0.4, 0.5) is 0 Å². The van der Waals surface area contributed by atoms with Gasteiger partial charge >= 0.3 is 0 Å². The number of methoxy groups -OCH3 is 1. The predicted octanol–water partition coefficient (Wildman–Crippen LogP) is 2.16. The molecule has 1 saturated carbocycles. The quantitative estimate of drug-likeness (QED) is 0.829. The first kappa shape index (κ1) is 11.3. The standard InChI is InChI=1S/C13H18O3/c1-3-16-11-6-4-5-10(12(11)15-2)9-13(14)7-8-13/h4-6,14H,3,7-9H2,1-2H3. The van der Waals surface area contributed by atoms with Gasteiger partial charge in [0.2, 0.25) is 0 Å².